The monoisotopic (exact) mass is 182 g/mol. The lowest BCUT2D eigenvalue weighted by Crippen LogP contribution is -2.25. The van der Waals surface area contributed by atoms with Crippen LogP contribution in [0.5, 0.6) is 0 Å². The van der Waals surface area contributed by atoms with Crippen LogP contribution in [0.1, 0.15) is 33.6 Å². The molecule has 0 saturated carbocycles. The van der Waals surface area contributed by atoms with Gasteiger partial charge in [-0.2, -0.15) is 0 Å². The van der Waals surface area contributed by atoms with E-state index in [1.54, 1.807) is 7.11 Å². The van der Waals surface area contributed by atoms with Gasteiger partial charge in [-0.3, -0.25) is 4.79 Å². The van der Waals surface area contributed by atoms with Crippen molar-refractivity contribution in [1.29, 1.82) is 0 Å². The molecular formula is C11H18O2. The molecule has 0 radical (unpaired) electrons. The number of hydrogen-bond donors (Lipinski definition) is 0. The van der Waals surface area contributed by atoms with E-state index in [0.29, 0.717) is 18.1 Å². The van der Waals surface area contributed by atoms with Gasteiger partial charge in [0, 0.05) is 6.42 Å². The van der Waals surface area contributed by atoms with Gasteiger partial charge >= 0.3 is 0 Å². The lowest BCUT2D eigenvalue weighted by molar-refractivity contribution is -0.119. The lowest BCUT2D eigenvalue weighted by atomic mass is 9.75. The van der Waals surface area contributed by atoms with Crippen LogP contribution in [0, 0.1) is 11.3 Å². The van der Waals surface area contributed by atoms with E-state index < -0.39 is 0 Å². The second-order valence-electron chi connectivity index (χ2n) is 4.67. The Kier molecular flexibility index (Phi) is 2.79. The molecular weight excluding hydrogens is 164 g/mol. The zero-order valence-electron chi connectivity index (χ0n) is 8.89. The zero-order chi connectivity index (χ0) is 10.1. The van der Waals surface area contributed by atoms with E-state index in [1.165, 1.54) is 0 Å². The van der Waals surface area contributed by atoms with Gasteiger partial charge in [-0.25, -0.2) is 0 Å². The first-order valence-corrected chi connectivity index (χ1v) is 4.74. The summed E-state index contributed by atoms with van der Waals surface area (Å²) >= 11 is 0. The largest absolute Gasteiger partial charge is 0.493 e. The molecule has 0 aliphatic heterocycles. The number of carbonyl (C=O) groups excluding carboxylic acids is 1. The summed E-state index contributed by atoms with van der Waals surface area (Å²) < 4.78 is 5.04. The summed E-state index contributed by atoms with van der Waals surface area (Å²) in [5.74, 6) is 1.15. The van der Waals surface area contributed by atoms with Gasteiger partial charge in [0.15, 0.2) is 11.5 Å². The maximum absolute atomic E-state index is 11.3. The number of methoxy groups -OCH3 is 1. The molecule has 0 amide bonds. The Hall–Kier alpha value is -0.790. The highest BCUT2D eigenvalue weighted by Crippen LogP contribution is 2.35. The van der Waals surface area contributed by atoms with Crippen molar-refractivity contribution in [2.75, 3.05) is 7.11 Å². The van der Waals surface area contributed by atoms with E-state index in [2.05, 4.69) is 20.8 Å². The third-order valence-corrected chi connectivity index (χ3v) is 2.64. The first-order valence-electron chi connectivity index (χ1n) is 4.74. The van der Waals surface area contributed by atoms with Crippen molar-refractivity contribution in [3.8, 4) is 0 Å². The molecule has 0 aromatic rings. The van der Waals surface area contributed by atoms with Crippen molar-refractivity contribution >= 4 is 5.78 Å². The van der Waals surface area contributed by atoms with Crippen LogP contribution in [-0.4, -0.2) is 12.9 Å². The van der Waals surface area contributed by atoms with Crippen LogP contribution in [0.3, 0.4) is 0 Å². The SMILES string of the molecule is COC1=CC(C(C)(C)C)CCC1=O. The number of ether oxygens (including phenoxy) is 1. The van der Waals surface area contributed by atoms with Crippen molar-refractivity contribution in [3.05, 3.63) is 11.8 Å². The second kappa shape index (κ2) is 3.52. The van der Waals surface area contributed by atoms with Crippen LogP contribution in [-0.2, 0) is 9.53 Å². The van der Waals surface area contributed by atoms with Crippen LogP contribution in [0.25, 0.3) is 0 Å². The fourth-order valence-electron chi connectivity index (χ4n) is 1.63. The van der Waals surface area contributed by atoms with Crippen LogP contribution in [0.2, 0.25) is 0 Å². The molecule has 0 heterocycles. The average molecular weight is 182 g/mol. The van der Waals surface area contributed by atoms with E-state index >= 15 is 0 Å². The van der Waals surface area contributed by atoms with Crippen molar-refractivity contribution in [3.63, 3.8) is 0 Å². The molecule has 0 saturated heterocycles. The number of carbonyl (C=O) groups is 1. The standard InChI is InChI=1S/C11H18O2/c1-11(2,3)8-5-6-9(12)10(7-8)13-4/h7-8H,5-6H2,1-4H3. The van der Waals surface area contributed by atoms with E-state index in [9.17, 15) is 4.79 Å². The molecule has 1 aliphatic carbocycles. The molecule has 0 spiro atoms. The fourth-order valence-corrected chi connectivity index (χ4v) is 1.63. The maximum atomic E-state index is 11.3. The zero-order valence-corrected chi connectivity index (χ0v) is 8.89. The summed E-state index contributed by atoms with van der Waals surface area (Å²) in [5, 5.41) is 0. The van der Waals surface area contributed by atoms with Gasteiger partial charge in [0.2, 0.25) is 0 Å². The summed E-state index contributed by atoms with van der Waals surface area (Å²) in [5.41, 5.74) is 0.227. The Balaban J connectivity index is 2.83. The van der Waals surface area contributed by atoms with Gasteiger partial charge in [-0.15, -0.1) is 0 Å². The molecule has 0 aromatic heterocycles. The molecule has 2 heteroatoms. The summed E-state index contributed by atoms with van der Waals surface area (Å²) in [6, 6.07) is 0. The molecule has 1 rings (SSSR count). The van der Waals surface area contributed by atoms with Gasteiger partial charge in [0.1, 0.15) is 0 Å². The van der Waals surface area contributed by atoms with Gasteiger partial charge < -0.3 is 4.74 Å². The Morgan fingerprint density at radius 1 is 1.46 bits per heavy atom. The minimum atomic E-state index is 0.142. The molecule has 1 aliphatic rings. The Bertz CT molecular complexity index is 233. The van der Waals surface area contributed by atoms with E-state index in [4.69, 9.17) is 4.74 Å². The van der Waals surface area contributed by atoms with Crippen molar-refractivity contribution in [1.82, 2.24) is 0 Å². The summed E-state index contributed by atoms with van der Waals surface area (Å²) in [6.45, 7) is 6.58. The molecule has 2 nitrogen and oxygen atoms in total. The van der Waals surface area contributed by atoms with Crippen molar-refractivity contribution in [2.24, 2.45) is 11.3 Å². The lowest BCUT2D eigenvalue weighted by Gasteiger charge is -2.31. The molecule has 0 N–H and O–H groups in total. The summed E-state index contributed by atoms with van der Waals surface area (Å²) in [4.78, 5) is 11.3. The molecule has 0 fully saturated rings. The normalized spacial score (nSPS) is 24.2. The fraction of sp³-hybridized carbons (Fsp3) is 0.727. The average Bonchev–Trinajstić information content (AvgIpc) is 2.03. The molecule has 0 aromatic carbocycles. The van der Waals surface area contributed by atoms with Gasteiger partial charge in [0.05, 0.1) is 7.11 Å². The van der Waals surface area contributed by atoms with Crippen LogP contribution >= 0.6 is 0 Å². The third-order valence-electron chi connectivity index (χ3n) is 2.64. The Labute approximate surface area is 80.0 Å². The Morgan fingerprint density at radius 2 is 2.08 bits per heavy atom. The highest BCUT2D eigenvalue weighted by Gasteiger charge is 2.29. The third kappa shape index (κ3) is 2.33. The quantitative estimate of drug-likeness (QED) is 0.623. The van der Waals surface area contributed by atoms with Gasteiger partial charge in [0.25, 0.3) is 0 Å². The molecule has 1 atom stereocenters. The first kappa shape index (κ1) is 10.3. The smallest absolute Gasteiger partial charge is 0.197 e. The highest BCUT2D eigenvalue weighted by molar-refractivity contribution is 5.94. The number of ketones is 1. The predicted octanol–water partition coefficient (Wildman–Crippen LogP) is 2.54. The van der Waals surface area contributed by atoms with E-state index in [1.807, 2.05) is 6.08 Å². The van der Waals surface area contributed by atoms with Gasteiger partial charge in [-0.1, -0.05) is 20.8 Å². The van der Waals surface area contributed by atoms with Gasteiger partial charge in [-0.05, 0) is 23.8 Å². The molecule has 13 heavy (non-hydrogen) atoms. The van der Waals surface area contributed by atoms with Crippen LogP contribution < -0.4 is 0 Å². The first-order chi connectivity index (χ1) is 5.95. The molecule has 1 unspecified atom stereocenters. The van der Waals surface area contributed by atoms with Crippen molar-refractivity contribution in [2.45, 2.75) is 33.6 Å². The highest BCUT2D eigenvalue weighted by atomic mass is 16.5. The van der Waals surface area contributed by atoms with E-state index in [0.717, 1.165) is 6.42 Å². The van der Waals surface area contributed by atoms with E-state index in [-0.39, 0.29) is 11.2 Å². The number of rotatable bonds is 1. The summed E-state index contributed by atoms with van der Waals surface area (Å²) in [7, 11) is 1.56. The summed E-state index contributed by atoms with van der Waals surface area (Å²) in [6.07, 6.45) is 3.56. The molecule has 74 valence electrons. The number of Topliss-reactive ketones (excluding diaryl/α,β-unsaturated/α-hetero) is 1. The Morgan fingerprint density at radius 3 is 2.54 bits per heavy atom. The van der Waals surface area contributed by atoms with Crippen LogP contribution in [0.15, 0.2) is 11.8 Å². The predicted molar refractivity (Wildman–Crippen MR) is 52.3 cm³/mol. The maximum Gasteiger partial charge on any atom is 0.197 e. The van der Waals surface area contributed by atoms with Crippen molar-refractivity contribution < 1.29 is 9.53 Å². The minimum absolute atomic E-state index is 0.142. The number of allylic oxidation sites excluding steroid dienone is 2. The minimum Gasteiger partial charge on any atom is -0.493 e. The second-order valence-corrected chi connectivity index (χ2v) is 4.67. The topological polar surface area (TPSA) is 26.3 Å². The number of hydrogen-bond acceptors (Lipinski definition) is 2. The van der Waals surface area contributed by atoms with Crippen LogP contribution in [0.4, 0.5) is 0 Å². The molecule has 0 bridgehead atoms.